The van der Waals surface area contributed by atoms with Gasteiger partial charge in [-0.3, -0.25) is 4.79 Å². The summed E-state index contributed by atoms with van der Waals surface area (Å²) in [4.78, 5) is 14.7. The zero-order valence-electron chi connectivity index (χ0n) is 13.4. The Hall–Kier alpha value is -1.91. The van der Waals surface area contributed by atoms with Gasteiger partial charge in [0, 0.05) is 21.2 Å². The number of halogens is 2. The molecule has 5 heteroatoms. The van der Waals surface area contributed by atoms with Crippen molar-refractivity contribution in [1.29, 1.82) is 0 Å². The van der Waals surface area contributed by atoms with Crippen molar-refractivity contribution in [3.05, 3.63) is 91.2 Å². The van der Waals surface area contributed by atoms with E-state index >= 15 is 0 Å². The summed E-state index contributed by atoms with van der Waals surface area (Å²) in [6.07, 6.45) is 0. The Bertz CT molecular complexity index is 974. The lowest BCUT2D eigenvalue weighted by Crippen LogP contribution is -1.99. The molecule has 0 unspecified atom stereocenters. The van der Waals surface area contributed by atoms with Crippen molar-refractivity contribution < 1.29 is 4.79 Å². The minimum atomic E-state index is 0.0462. The summed E-state index contributed by atoms with van der Waals surface area (Å²) in [6.45, 7) is 0. The van der Waals surface area contributed by atoms with Gasteiger partial charge >= 0.3 is 0 Å². The summed E-state index contributed by atoms with van der Waals surface area (Å²) in [5, 5.41) is 5.26. The summed E-state index contributed by atoms with van der Waals surface area (Å²) >= 11 is 14.9. The number of benzene rings is 2. The molecular weight excluding hydrogens is 403 g/mol. The first-order valence-corrected chi connectivity index (χ1v) is 10.4. The second kappa shape index (κ2) is 7.37. The highest BCUT2D eigenvalue weighted by Crippen LogP contribution is 2.36. The van der Waals surface area contributed by atoms with Crippen molar-refractivity contribution in [1.82, 2.24) is 0 Å². The van der Waals surface area contributed by atoms with Crippen LogP contribution in [0.4, 0.5) is 0 Å². The predicted octanol–water partition coefficient (Wildman–Crippen LogP) is 7.68. The number of ketones is 1. The van der Waals surface area contributed by atoms with Crippen molar-refractivity contribution >= 4 is 51.7 Å². The minimum Gasteiger partial charge on any atom is -0.287 e. The first-order valence-electron chi connectivity index (χ1n) is 7.85. The molecule has 128 valence electrons. The Labute approximate surface area is 169 Å². The molecule has 0 amide bonds. The van der Waals surface area contributed by atoms with E-state index in [1.807, 2.05) is 71.4 Å². The number of hydrogen-bond donors (Lipinski definition) is 0. The highest BCUT2D eigenvalue weighted by atomic mass is 35.5. The van der Waals surface area contributed by atoms with Crippen molar-refractivity contribution in [3.8, 4) is 22.3 Å². The molecular formula is C21H12Cl2OS2. The molecule has 26 heavy (non-hydrogen) atoms. The second-order valence-electron chi connectivity index (χ2n) is 5.67. The molecule has 0 saturated heterocycles. The fraction of sp³-hybridized carbons (Fsp3) is 0. The molecule has 2 aromatic carbocycles. The molecule has 0 spiro atoms. The van der Waals surface area contributed by atoms with Crippen LogP contribution in [-0.4, -0.2) is 5.78 Å². The SMILES string of the molecule is O=C(c1sccc1-c1ccc(Cl)cc1)c1sccc1-c1ccc(Cl)cc1. The third-order valence-electron chi connectivity index (χ3n) is 4.05. The Balaban J connectivity index is 1.75. The smallest absolute Gasteiger partial charge is 0.214 e. The van der Waals surface area contributed by atoms with Gasteiger partial charge in [-0.2, -0.15) is 0 Å². The first kappa shape index (κ1) is 17.5. The highest BCUT2D eigenvalue weighted by Gasteiger charge is 2.21. The number of rotatable bonds is 4. The van der Waals surface area contributed by atoms with Crippen LogP contribution in [-0.2, 0) is 0 Å². The third-order valence-corrected chi connectivity index (χ3v) is 6.38. The van der Waals surface area contributed by atoms with E-state index < -0.39 is 0 Å². The van der Waals surface area contributed by atoms with Gasteiger partial charge in [0.1, 0.15) is 0 Å². The maximum atomic E-state index is 13.3. The van der Waals surface area contributed by atoms with Crippen molar-refractivity contribution in [3.63, 3.8) is 0 Å². The monoisotopic (exact) mass is 414 g/mol. The van der Waals surface area contributed by atoms with Crippen LogP contribution in [0.25, 0.3) is 22.3 Å². The van der Waals surface area contributed by atoms with Gasteiger partial charge < -0.3 is 0 Å². The normalized spacial score (nSPS) is 10.8. The van der Waals surface area contributed by atoms with E-state index in [0.29, 0.717) is 10.0 Å². The van der Waals surface area contributed by atoms with Crippen LogP contribution >= 0.6 is 45.9 Å². The molecule has 4 rings (SSSR count). The first-order chi connectivity index (χ1) is 12.6. The van der Waals surface area contributed by atoms with Crippen LogP contribution in [0.1, 0.15) is 14.5 Å². The Morgan fingerprint density at radius 1 is 0.615 bits per heavy atom. The van der Waals surface area contributed by atoms with E-state index in [0.717, 1.165) is 32.0 Å². The molecule has 0 aliphatic heterocycles. The number of hydrogen-bond acceptors (Lipinski definition) is 3. The topological polar surface area (TPSA) is 17.1 Å². The zero-order chi connectivity index (χ0) is 18.1. The maximum absolute atomic E-state index is 13.3. The Morgan fingerprint density at radius 3 is 1.38 bits per heavy atom. The van der Waals surface area contributed by atoms with E-state index in [2.05, 4.69) is 0 Å². The summed E-state index contributed by atoms with van der Waals surface area (Å²) in [7, 11) is 0. The van der Waals surface area contributed by atoms with Gasteiger partial charge in [0.05, 0.1) is 9.75 Å². The van der Waals surface area contributed by atoms with E-state index in [9.17, 15) is 4.79 Å². The number of carbonyl (C=O) groups excluding carboxylic acids is 1. The zero-order valence-corrected chi connectivity index (χ0v) is 16.6. The van der Waals surface area contributed by atoms with E-state index in [1.54, 1.807) is 0 Å². The van der Waals surface area contributed by atoms with Gasteiger partial charge in [0.2, 0.25) is 5.78 Å². The maximum Gasteiger partial charge on any atom is 0.214 e. The molecule has 0 radical (unpaired) electrons. The lowest BCUT2D eigenvalue weighted by atomic mass is 10.0. The van der Waals surface area contributed by atoms with Gasteiger partial charge in [-0.15, -0.1) is 22.7 Å². The summed E-state index contributed by atoms with van der Waals surface area (Å²) in [5.41, 5.74) is 3.85. The molecule has 0 aliphatic rings. The quantitative estimate of drug-likeness (QED) is 0.312. The molecule has 2 aromatic heterocycles. The number of carbonyl (C=O) groups is 1. The molecule has 4 aromatic rings. The van der Waals surface area contributed by atoms with Crippen molar-refractivity contribution in [2.75, 3.05) is 0 Å². The summed E-state index contributed by atoms with van der Waals surface area (Å²) < 4.78 is 0. The predicted molar refractivity (Wildman–Crippen MR) is 113 cm³/mol. The van der Waals surface area contributed by atoms with Crippen LogP contribution in [0.3, 0.4) is 0 Å². The molecule has 2 heterocycles. The van der Waals surface area contributed by atoms with E-state index in [-0.39, 0.29) is 5.78 Å². The van der Waals surface area contributed by atoms with E-state index in [1.165, 1.54) is 22.7 Å². The van der Waals surface area contributed by atoms with Gasteiger partial charge in [-0.05, 0) is 58.3 Å². The lowest BCUT2D eigenvalue weighted by Gasteiger charge is -2.06. The van der Waals surface area contributed by atoms with Gasteiger partial charge in [-0.1, -0.05) is 47.5 Å². The van der Waals surface area contributed by atoms with Crippen LogP contribution in [0.2, 0.25) is 10.0 Å². The standard InChI is InChI=1S/C21H12Cl2OS2/c22-15-5-1-13(2-6-15)17-9-11-25-20(17)19(24)21-18(10-12-26-21)14-3-7-16(23)8-4-14/h1-12H. The molecule has 0 saturated carbocycles. The largest absolute Gasteiger partial charge is 0.287 e. The Kier molecular flexibility index (Phi) is 4.96. The molecule has 0 atom stereocenters. The van der Waals surface area contributed by atoms with Crippen LogP contribution in [0, 0.1) is 0 Å². The van der Waals surface area contributed by atoms with Gasteiger partial charge in [0.15, 0.2) is 0 Å². The molecule has 0 bridgehead atoms. The highest BCUT2D eigenvalue weighted by molar-refractivity contribution is 7.16. The summed E-state index contributed by atoms with van der Waals surface area (Å²) in [6, 6.07) is 19.1. The summed E-state index contributed by atoms with van der Waals surface area (Å²) in [5.74, 6) is 0.0462. The molecule has 1 nitrogen and oxygen atoms in total. The Morgan fingerprint density at radius 2 is 1.00 bits per heavy atom. The fourth-order valence-corrected chi connectivity index (χ4v) is 4.83. The van der Waals surface area contributed by atoms with Crippen LogP contribution in [0.5, 0.6) is 0 Å². The second-order valence-corrected chi connectivity index (χ2v) is 8.37. The van der Waals surface area contributed by atoms with E-state index in [4.69, 9.17) is 23.2 Å². The van der Waals surface area contributed by atoms with Gasteiger partial charge in [-0.25, -0.2) is 0 Å². The average molecular weight is 415 g/mol. The molecule has 0 aliphatic carbocycles. The van der Waals surface area contributed by atoms with Crippen molar-refractivity contribution in [2.45, 2.75) is 0 Å². The molecule has 0 fully saturated rings. The molecule has 0 N–H and O–H groups in total. The third kappa shape index (κ3) is 3.36. The van der Waals surface area contributed by atoms with Crippen molar-refractivity contribution in [2.24, 2.45) is 0 Å². The minimum absolute atomic E-state index is 0.0462. The van der Waals surface area contributed by atoms with Crippen LogP contribution < -0.4 is 0 Å². The fourth-order valence-electron chi connectivity index (χ4n) is 2.79. The lowest BCUT2D eigenvalue weighted by molar-refractivity contribution is 0.104. The number of thiophene rings is 2. The van der Waals surface area contributed by atoms with Crippen LogP contribution in [0.15, 0.2) is 71.4 Å². The van der Waals surface area contributed by atoms with Gasteiger partial charge in [0.25, 0.3) is 0 Å². The average Bonchev–Trinajstić information content (AvgIpc) is 3.32.